The Balaban J connectivity index is 1.61. The van der Waals surface area contributed by atoms with Crippen LogP contribution in [0.2, 0.25) is 0 Å². The third-order valence-corrected chi connectivity index (χ3v) is 6.13. The van der Waals surface area contributed by atoms with Gasteiger partial charge in [-0.05, 0) is 54.8 Å². The van der Waals surface area contributed by atoms with Crippen LogP contribution in [0.25, 0.3) is 0 Å². The molecular formula is C23H24N2O6S. The molecule has 32 heavy (non-hydrogen) atoms. The average molecular weight is 457 g/mol. The van der Waals surface area contributed by atoms with Crippen LogP contribution in [-0.2, 0) is 32.5 Å². The van der Waals surface area contributed by atoms with Gasteiger partial charge in [-0.1, -0.05) is 31.2 Å². The Morgan fingerprint density at radius 3 is 2.56 bits per heavy atom. The highest BCUT2D eigenvalue weighted by molar-refractivity contribution is 7.89. The fourth-order valence-electron chi connectivity index (χ4n) is 3.04. The SMILES string of the molecule is CCc1cccc(C)c1NC(=O)COC(=O)c1cccc(S(=O)(=O)NCc2ccco2)c1. The van der Waals surface area contributed by atoms with Gasteiger partial charge in [-0.15, -0.1) is 0 Å². The summed E-state index contributed by atoms with van der Waals surface area (Å²) in [6.45, 7) is 3.34. The number of para-hydroxylation sites is 1. The summed E-state index contributed by atoms with van der Waals surface area (Å²) in [6.07, 6.45) is 2.19. The zero-order chi connectivity index (χ0) is 23.1. The van der Waals surface area contributed by atoms with Crippen molar-refractivity contribution in [3.05, 3.63) is 83.3 Å². The molecule has 0 aliphatic carbocycles. The van der Waals surface area contributed by atoms with Crippen molar-refractivity contribution in [3.63, 3.8) is 0 Å². The Labute approximate surface area is 186 Å². The van der Waals surface area contributed by atoms with Crippen molar-refractivity contribution in [2.75, 3.05) is 11.9 Å². The molecule has 0 spiro atoms. The van der Waals surface area contributed by atoms with E-state index in [0.29, 0.717) is 11.4 Å². The summed E-state index contributed by atoms with van der Waals surface area (Å²) < 4.78 is 37.6. The van der Waals surface area contributed by atoms with E-state index in [1.807, 2.05) is 32.0 Å². The summed E-state index contributed by atoms with van der Waals surface area (Å²) in [4.78, 5) is 24.6. The number of anilines is 1. The maximum absolute atomic E-state index is 12.5. The van der Waals surface area contributed by atoms with Gasteiger partial charge in [0, 0.05) is 5.69 Å². The van der Waals surface area contributed by atoms with Gasteiger partial charge in [0.2, 0.25) is 10.0 Å². The zero-order valence-electron chi connectivity index (χ0n) is 17.8. The third kappa shape index (κ3) is 5.83. The van der Waals surface area contributed by atoms with Gasteiger partial charge in [0.15, 0.2) is 6.61 Å². The lowest BCUT2D eigenvalue weighted by molar-refractivity contribution is -0.119. The molecule has 2 N–H and O–H groups in total. The van der Waals surface area contributed by atoms with Gasteiger partial charge in [-0.3, -0.25) is 4.79 Å². The number of sulfonamides is 1. The number of nitrogens with one attached hydrogen (secondary N) is 2. The second kappa shape index (κ2) is 10.3. The molecule has 0 aliphatic rings. The second-order valence-electron chi connectivity index (χ2n) is 7.02. The maximum atomic E-state index is 12.5. The molecule has 0 bridgehead atoms. The normalized spacial score (nSPS) is 11.2. The number of amides is 1. The molecule has 8 nitrogen and oxygen atoms in total. The number of hydrogen-bond donors (Lipinski definition) is 2. The lowest BCUT2D eigenvalue weighted by Gasteiger charge is -2.13. The molecule has 0 radical (unpaired) electrons. The van der Waals surface area contributed by atoms with Crippen LogP contribution in [-0.4, -0.2) is 26.9 Å². The van der Waals surface area contributed by atoms with E-state index in [9.17, 15) is 18.0 Å². The first kappa shape index (κ1) is 23.2. The second-order valence-corrected chi connectivity index (χ2v) is 8.79. The van der Waals surface area contributed by atoms with E-state index in [1.54, 1.807) is 12.1 Å². The smallest absolute Gasteiger partial charge is 0.338 e. The predicted molar refractivity (Wildman–Crippen MR) is 119 cm³/mol. The number of aryl methyl sites for hydroxylation is 2. The minimum absolute atomic E-state index is 0.0174. The first-order valence-corrected chi connectivity index (χ1v) is 11.5. The molecule has 1 aromatic heterocycles. The van der Waals surface area contributed by atoms with Gasteiger partial charge < -0.3 is 14.5 Å². The van der Waals surface area contributed by atoms with Crippen molar-refractivity contribution in [2.24, 2.45) is 0 Å². The molecule has 1 heterocycles. The number of esters is 1. The third-order valence-electron chi connectivity index (χ3n) is 4.74. The summed E-state index contributed by atoms with van der Waals surface area (Å²) in [5.74, 6) is -0.829. The Morgan fingerprint density at radius 1 is 1.06 bits per heavy atom. The molecule has 0 saturated carbocycles. The standard InChI is InChI=1S/C23H24N2O6S/c1-3-17-8-4-7-16(2)22(17)25-21(26)15-31-23(27)18-9-5-11-20(13-18)32(28,29)24-14-19-10-6-12-30-19/h4-13,24H,3,14-15H2,1-2H3,(H,25,26). The molecule has 0 aliphatic heterocycles. The number of carbonyl (C=O) groups excluding carboxylic acids is 2. The Kier molecular flexibility index (Phi) is 7.45. The summed E-state index contributed by atoms with van der Waals surface area (Å²) in [6, 6.07) is 14.4. The van der Waals surface area contributed by atoms with Crippen LogP contribution < -0.4 is 10.0 Å². The summed E-state index contributed by atoms with van der Waals surface area (Å²) in [5, 5.41) is 2.77. The number of furan rings is 1. The Morgan fingerprint density at radius 2 is 1.84 bits per heavy atom. The van der Waals surface area contributed by atoms with Crippen LogP contribution in [0.4, 0.5) is 5.69 Å². The highest BCUT2D eigenvalue weighted by Gasteiger charge is 2.18. The molecule has 9 heteroatoms. The quantitative estimate of drug-likeness (QED) is 0.477. The van der Waals surface area contributed by atoms with Crippen LogP contribution in [0.5, 0.6) is 0 Å². The molecule has 2 aromatic carbocycles. The predicted octanol–water partition coefficient (Wildman–Crippen LogP) is 3.42. The molecule has 0 unspecified atom stereocenters. The summed E-state index contributed by atoms with van der Waals surface area (Å²) >= 11 is 0. The van der Waals surface area contributed by atoms with Gasteiger partial charge in [0.05, 0.1) is 23.3 Å². The Hall–Kier alpha value is -3.43. The first-order chi connectivity index (χ1) is 15.3. The Bertz CT molecular complexity index is 1200. The van der Waals surface area contributed by atoms with E-state index < -0.39 is 28.5 Å². The minimum Gasteiger partial charge on any atom is -0.468 e. The highest BCUT2D eigenvalue weighted by atomic mass is 32.2. The fourth-order valence-corrected chi connectivity index (χ4v) is 4.08. The van der Waals surface area contributed by atoms with E-state index in [1.165, 1.54) is 30.5 Å². The molecule has 0 saturated heterocycles. The van der Waals surface area contributed by atoms with Crippen molar-refractivity contribution in [3.8, 4) is 0 Å². The fraction of sp³-hybridized carbons (Fsp3) is 0.217. The van der Waals surface area contributed by atoms with Crippen LogP contribution >= 0.6 is 0 Å². The lowest BCUT2D eigenvalue weighted by atomic mass is 10.1. The number of ether oxygens (including phenoxy) is 1. The van der Waals surface area contributed by atoms with Gasteiger partial charge in [-0.25, -0.2) is 17.9 Å². The van der Waals surface area contributed by atoms with Crippen molar-refractivity contribution in [1.29, 1.82) is 0 Å². The minimum atomic E-state index is -3.87. The zero-order valence-corrected chi connectivity index (χ0v) is 18.6. The number of benzene rings is 2. The van der Waals surface area contributed by atoms with E-state index in [0.717, 1.165) is 17.5 Å². The van der Waals surface area contributed by atoms with Crippen molar-refractivity contribution in [2.45, 2.75) is 31.7 Å². The van der Waals surface area contributed by atoms with Gasteiger partial charge in [-0.2, -0.15) is 0 Å². The largest absolute Gasteiger partial charge is 0.468 e. The molecular weight excluding hydrogens is 432 g/mol. The van der Waals surface area contributed by atoms with E-state index in [2.05, 4.69) is 10.0 Å². The van der Waals surface area contributed by atoms with Crippen molar-refractivity contribution in [1.82, 2.24) is 4.72 Å². The molecule has 168 valence electrons. The summed E-state index contributed by atoms with van der Waals surface area (Å²) in [5.41, 5.74) is 2.60. The number of hydrogen-bond acceptors (Lipinski definition) is 6. The van der Waals surface area contributed by atoms with E-state index in [-0.39, 0.29) is 17.0 Å². The molecule has 3 aromatic rings. The number of rotatable bonds is 9. The molecule has 3 rings (SSSR count). The van der Waals surface area contributed by atoms with Crippen LogP contribution in [0, 0.1) is 6.92 Å². The monoisotopic (exact) mass is 456 g/mol. The van der Waals surface area contributed by atoms with Crippen molar-refractivity contribution >= 4 is 27.6 Å². The van der Waals surface area contributed by atoms with Gasteiger partial charge in [0.1, 0.15) is 5.76 Å². The summed E-state index contributed by atoms with van der Waals surface area (Å²) in [7, 11) is -3.87. The molecule has 0 fully saturated rings. The van der Waals surface area contributed by atoms with E-state index >= 15 is 0 Å². The van der Waals surface area contributed by atoms with Gasteiger partial charge >= 0.3 is 5.97 Å². The molecule has 1 amide bonds. The number of carbonyl (C=O) groups is 2. The maximum Gasteiger partial charge on any atom is 0.338 e. The average Bonchev–Trinajstić information content (AvgIpc) is 3.31. The lowest BCUT2D eigenvalue weighted by Crippen LogP contribution is -2.24. The highest BCUT2D eigenvalue weighted by Crippen LogP contribution is 2.21. The van der Waals surface area contributed by atoms with Gasteiger partial charge in [0.25, 0.3) is 5.91 Å². The van der Waals surface area contributed by atoms with Crippen LogP contribution in [0.1, 0.15) is 34.2 Å². The molecule has 0 atom stereocenters. The first-order valence-electron chi connectivity index (χ1n) is 9.97. The van der Waals surface area contributed by atoms with Crippen LogP contribution in [0.3, 0.4) is 0 Å². The van der Waals surface area contributed by atoms with Crippen LogP contribution in [0.15, 0.2) is 70.2 Å². The van der Waals surface area contributed by atoms with E-state index in [4.69, 9.17) is 9.15 Å². The van der Waals surface area contributed by atoms with Crippen molar-refractivity contribution < 1.29 is 27.2 Å². The topological polar surface area (TPSA) is 115 Å².